The molecular weight excluding hydrogens is 312 g/mol. The van der Waals surface area contributed by atoms with Gasteiger partial charge in [-0.15, -0.1) is 0 Å². The third kappa shape index (κ3) is 4.82. The van der Waals surface area contributed by atoms with E-state index >= 15 is 0 Å². The van der Waals surface area contributed by atoms with Crippen LogP contribution in [0.3, 0.4) is 0 Å². The van der Waals surface area contributed by atoms with Crippen LogP contribution in [-0.4, -0.2) is 38.0 Å². The highest BCUT2D eigenvalue weighted by molar-refractivity contribution is 5.47. The first-order chi connectivity index (χ1) is 12.3. The van der Waals surface area contributed by atoms with E-state index in [1.165, 1.54) is 16.8 Å². The maximum atomic E-state index is 9.72. The number of ether oxygens (including phenoxy) is 1. The maximum Gasteiger partial charge on any atom is 0.0642 e. The summed E-state index contributed by atoms with van der Waals surface area (Å²) in [7, 11) is 0. The second-order valence-corrected chi connectivity index (χ2v) is 6.48. The van der Waals surface area contributed by atoms with Gasteiger partial charge in [-0.3, -0.25) is 0 Å². The van der Waals surface area contributed by atoms with Gasteiger partial charge in [0, 0.05) is 25.3 Å². The molecule has 1 saturated heterocycles. The maximum absolute atomic E-state index is 9.72. The number of aliphatic hydroxyl groups excluding tert-OH is 1. The molecule has 1 fully saturated rings. The normalized spacial score (nSPS) is 16.0. The number of rotatable bonds is 7. The highest BCUT2D eigenvalue weighted by atomic mass is 16.5. The van der Waals surface area contributed by atoms with E-state index in [9.17, 15) is 5.11 Å². The zero-order valence-electron chi connectivity index (χ0n) is 14.9. The van der Waals surface area contributed by atoms with Crippen LogP contribution >= 0.6 is 0 Å². The average molecular weight is 340 g/mol. The third-order valence-corrected chi connectivity index (χ3v) is 4.84. The molecule has 1 aliphatic rings. The lowest BCUT2D eigenvalue weighted by Gasteiger charge is -2.29. The fraction of sp³-hybridized carbons (Fsp3) is 0.429. The van der Waals surface area contributed by atoms with Crippen molar-refractivity contribution >= 4 is 5.69 Å². The monoisotopic (exact) mass is 340 g/mol. The Morgan fingerprint density at radius 2 is 1.64 bits per heavy atom. The van der Waals surface area contributed by atoms with Crippen molar-refractivity contribution in [3.05, 3.63) is 65.2 Å². The zero-order chi connectivity index (χ0) is 17.5. The van der Waals surface area contributed by atoms with Gasteiger partial charge in [-0.2, -0.15) is 0 Å². The Balaban J connectivity index is 1.57. The molecule has 1 atom stereocenters. The van der Waals surface area contributed by atoms with E-state index in [4.69, 9.17) is 4.74 Å². The van der Waals surface area contributed by atoms with Crippen molar-refractivity contribution < 1.29 is 9.84 Å². The fourth-order valence-corrected chi connectivity index (χ4v) is 3.16. The molecule has 4 nitrogen and oxygen atoms in total. The second kappa shape index (κ2) is 8.99. The predicted molar refractivity (Wildman–Crippen MR) is 102 cm³/mol. The summed E-state index contributed by atoms with van der Waals surface area (Å²) >= 11 is 0. The van der Waals surface area contributed by atoms with Gasteiger partial charge in [0.1, 0.15) is 0 Å². The van der Waals surface area contributed by atoms with Gasteiger partial charge in [-0.05, 0) is 35.2 Å². The summed E-state index contributed by atoms with van der Waals surface area (Å²) < 4.78 is 5.40. The lowest BCUT2D eigenvalue weighted by molar-refractivity contribution is 0.122. The van der Waals surface area contributed by atoms with Crippen molar-refractivity contribution in [2.45, 2.75) is 25.9 Å². The molecule has 0 aliphatic carbocycles. The molecule has 3 rings (SSSR count). The number of anilines is 1. The quantitative estimate of drug-likeness (QED) is 0.813. The molecule has 2 aromatic carbocycles. The standard InChI is InChI=1S/C21H28N2O2/c1-2-17-3-7-19(8-4-17)21(16-24)22-15-18-5-9-20(10-6-18)23-11-13-25-14-12-23/h3-10,21-22,24H,2,11-16H2,1H3. The Labute approximate surface area is 150 Å². The molecule has 0 saturated carbocycles. The molecule has 1 unspecified atom stereocenters. The summed E-state index contributed by atoms with van der Waals surface area (Å²) in [5, 5.41) is 13.2. The molecule has 1 aliphatic heterocycles. The summed E-state index contributed by atoms with van der Waals surface area (Å²) in [6.45, 7) is 6.51. The Bertz CT molecular complexity index is 634. The van der Waals surface area contributed by atoms with Crippen molar-refractivity contribution in [3.63, 3.8) is 0 Å². The SMILES string of the molecule is CCc1ccc(C(CO)NCc2ccc(N3CCOCC3)cc2)cc1. The Morgan fingerprint density at radius 3 is 2.24 bits per heavy atom. The molecule has 0 amide bonds. The third-order valence-electron chi connectivity index (χ3n) is 4.84. The van der Waals surface area contributed by atoms with E-state index in [-0.39, 0.29) is 12.6 Å². The summed E-state index contributed by atoms with van der Waals surface area (Å²) in [6, 6.07) is 17.1. The van der Waals surface area contributed by atoms with E-state index in [0.29, 0.717) is 0 Å². The Hall–Kier alpha value is -1.88. The van der Waals surface area contributed by atoms with Gasteiger partial charge in [0.05, 0.1) is 25.9 Å². The van der Waals surface area contributed by atoms with Crippen molar-refractivity contribution in [1.29, 1.82) is 0 Å². The first-order valence-corrected chi connectivity index (χ1v) is 9.15. The lowest BCUT2D eigenvalue weighted by Crippen LogP contribution is -2.36. The first-order valence-electron chi connectivity index (χ1n) is 9.15. The van der Waals surface area contributed by atoms with E-state index < -0.39 is 0 Å². The number of benzene rings is 2. The molecule has 0 spiro atoms. The number of nitrogens with one attached hydrogen (secondary N) is 1. The van der Waals surface area contributed by atoms with Crippen LogP contribution in [0.2, 0.25) is 0 Å². The fourth-order valence-electron chi connectivity index (χ4n) is 3.16. The highest BCUT2D eigenvalue weighted by Gasteiger charge is 2.12. The summed E-state index contributed by atoms with van der Waals surface area (Å²) in [5.74, 6) is 0. The minimum atomic E-state index is -0.0372. The van der Waals surface area contributed by atoms with Gasteiger partial charge in [0.25, 0.3) is 0 Å². The average Bonchev–Trinajstić information content (AvgIpc) is 2.70. The van der Waals surface area contributed by atoms with Gasteiger partial charge in [-0.25, -0.2) is 0 Å². The largest absolute Gasteiger partial charge is 0.394 e. The minimum Gasteiger partial charge on any atom is -0.394 e. The molecule has 2 aromatic rings. The molecular formula is C21H28N2O2. The molecule has 0 aromatic heterocycles. The molecule has 1 heterocycles. The van der Waals surface area contributed by atoms with Crippen molar-refractivity contribution in [2.24, 2.45) is 0 Å². The van der Waals surface area contributed by atoms with Gasteiger partial charge in [-0.1, -0.05) is 43.3 Å². The Morgan fingerprint density at radius 1 is 1.00 bits per heavy atom. The predicted octanol–water partition coefficient (Wildman–Crippen LogP) is 2.91. The van der Waals surface area contributed by atoms with Crippen LogP contribution in [-0.2, 0) is 17.7 Å². The van der Waals surface area contributed by atoms with Crippen molar-refractivity contribution in [3.8, 4) is 0 Å². The van der Waals surface area contributed by atoms with Gasteiger partial charge < -0.3 is 20.1 Å². The number of hydrogen-bond acceptors (Lipinski definition) is 4. The first kappa shape index (κ1) is 17.9. The molecule has 0 radical (unpaired) electrons. The topological polar surface area (TPSA) is 44.7 Å². The smallest absolute Gasteiger partial charge is 0.0642 e. The van der Waals surface area contributed by atoms with Gasteiger partial charge in [0.2, 0.25) is 0 Å². The summed E-state index contributed by atoms with van der Waals surface area (Å²) in [6.07, 6.45) is 1.03. The van der Waals surface area contributed by atoms with Gasteiger partial charge >= 0.3 is 0 Å². The van der Waals surface area contributed by atoms with Crippen LogP contribution in [0.4, 0.5) is 5.69 Å². The summed E-state index contributed by atoms with van der Waals surface area (Å²) in [5.41, 5.74) is 4.92. The van der Waals surface area contributed by atoms with Gasteiger partial charge in [0.15, 0.2) is 0 Å². The Kier molecular flexibility index (Phi) is 6.45. The van der Waals surface area contributed by atoms with Crippen LogP contribution in [0.15, 0.2) is 48.5 Å². The van der Waals surface area contributed by atoms with Crippen LogP contribution in [0.1, 0.15) is 29.7 Å². The number of aliphatic hydroxyl groups is 1. The zero-order valence-corrected chi connectivity index (χ0v) is 14.9. The van der Waals surface area contributed by atoms with Crippen LogP contribution in [0.25, 0.3) is 0 Å². The van der Waals surface area contributed by atoms with E-state index in [2.05, 4.69) is 65.7 Å². The van der Waals surface area contributed by atoms with Crippen LogP contribution < -0.4 is 10.2 Å². The lowest BCUT2D eigenvalue weighted by atomic mass is 10.0. The number of morpholine rings is 1. The number of aryl methyl sites for hydroxylation is 1. The van der Waals surface area contributed by atoms with Crippen LogP contribution in [0, 0.1) is 0 Å². The molecule has 134 valence electrons. The van der Waals surface area contributed by atoms with Crippen molar-refractivity contribution in [2.75, 3.05) is 37.8 Å². The summed E-state index contributed by atoms with van der Waals surface area (Å²) in [4.78, 5) is 2.35. The minimum absolute atomic E-state index is 0.0372. The van der Waals surface area contributed by atoms with E-state index in [1.54, 1.807) is 0 Å². The molecule has 2 N–H and O–H groups in total. The highest BCUT2D eigenvalue weighted by Crippen LogP contribution is 2.18. The number of hydrogen-bond donors (Lipinski definition) is 2. The second-order valence-electron chi connectivity index (χ2n) is 6.48. The van der Waals surface area contributed by atoms with Crippen molar-refractivity contribution in [1.82, 2.24) is 5.32 Å². The van der Waals surface area contributed by atoms with E-state index in [0.717, 1.165) is 44.8 Å². The molecule has 25 heavy (non-hydrogen) atoms. The molecule has 0 bridgehead atoms. The van der Waals surface area contributed by atoms with Crippen LogP contribution in [0.5, 0.6) is 0 Å². The van der Waals surface area contributed by atoms with E-state index in [1.807, 2.05) is 0 Å². The molecule has 4 heteroatoms. The number of nitrogens with zero attached hydrogens (tertiary/aromatic N) is 1.